The number of benzene rings is 1. The molecule has 2 aromatic heterocycles. The lowest BCUT2D eigenvalue weighted by Crippen LogP contribution is -2.47. The van der Waals surface area contributed by atoms with Crippen LogP contribution in [0.3, 0.4) is 0 Å². The van der Waals surface area contributed by atoms with Gasteiger partial charge in [0.2, 0.25) is 0 Å². The normalized spacial score (nSPS) is 13.6. The molecule has 1 amide bonds. The number of para-hydroxylation sites is 1. The van der Waals surface area contributed by atoms with E-state index in [0.29, 0.717) is 31.2 Å². The van der Waals surface area contributed by atoms with Crippen LogP contribution in [0.15, 0.2) is 41.2 Å². The summed E-state index contributed by atoms with van der Waals surface area (Å²) in [4.78, 5) is 43.4. The van der Waals surface area contributed by atoms with Crippen molar-refractivity contribution in [3.05, 3.63) is 63.4 Å². The number of aliphatic hydroxyl groups is 1. The summed E-state index contributed by atoms with van der Waals surface area (Å²) in [6.07, 6.45) is -0.0159. The fourth-order valence-corrected chi connectivity index (χ4v) is 4.62. The molecule has 38 heavy (non-hydrogen) atoms. The highest BCUT2D eigenvalue weighted by Crippen LogP contribution is 2.36. The quantitative estimate of drug-likeness (QED) is 0.214. The van der Waals surface area contributed by atoms with Gasteiger partial charge in [-0.15, -0.1) is 0 Å². The van der Waals surface area contributed by atoms with Gasteiger partial charge in [-0.1, -0.05) is 25.1 Å². The van der Waals surface area contributed by atoms with Crippen LogP contribution in [0.2, 0.25) is 0 Å². The third-order valence-electron chi connectivity index (χ3n) is 6.63. The third kappa shape index (κ3) is 5.47. The van der Waals surface area contributed by atoms with Crippen molar-refractivity contribution in [2.24, 2.45) is 0 Å². The summed E-state index contributed by atoms with van der Waals surface area (Å²) < 4.78 is 17.4. The fraction of sp³-hybridized carbons (Fsp3) is 0.429. The number of ether oxygens (including phenoxy) is 3. The van der Waals surface area contributed by atoms with E-state index in [1.165, 1.54) is 6.92 Å². The van der Waals surface area contributed by atoms with Gasteiger partial charge >= 0.3 is 5.97 Å². The van der Waals surface area contributed by atoms with E-state index >= 15 is 0 Å². The molecule has 0 saturated carbocycles. The van der Waals surface area contributed by atoms with E-state index in [0.717, 1.165) is 16.5 Å². The first-order valence-corrected chi connectivity index (χ1v) is 12.8. The van der Waals surface area contributed by atoms with Crippen LogP contribution in [-0.4, -0.2) is 59.5 Å². The Morgan fingerprint density at radius 2 is 1.89 bits per heavy atom. The van der Waals surface area contributed by atoms with Gasteiger partial charge in [0, 0.05) is 36.6 Å². The lowest BCUT2D eigenvalue weighted by atomic mass is 9.86. The molecule has 202 valence electrons. The van der Waals surface area contributed by atoms with Crippen LogP contribution in [0.5, 0.6) is 0 Å². The summed E-state index contributed by atoms with van der Waals surface area (Å²) in [6.45, 7) is 6.51. The molecule has 10 heteroatoms. The largest absolute Gasteiger partial charge is 0.461 e. The molecule has 0 unspecified atom stereocenters. The van der Waals surface area contributed by atoms with Gasteiger partial charge in [-0.3, -0.25) is 14.4 Å². The van der Waals surface area contributed by atoms with Crippen LogP contribution < -0.4 is 10.9 Å². The summed E-state index contributed by atoms with van der Waals surface area (Å²) >= 11 is 0. The summed E-state index contributed by atoms with van der Waals surface area (Å²) in [5.41, 5.74) is 0.382. The average molecular weight is 524 g/mol. The zero-order valence-electron chi connectivity index (χ0n) is 21.9. The summed E-state index contributed by atoms with van der Waals surface area (Å²) in [5, 5.41) is 15.3. The van der Waals surface area contributed by atoms with E-state index in [1.807, 2.05) is 37.3 Å². The van der Waals surface area contributed by atoms with Crippen LogP contribution in [0.1, 0.15) is 43.9 Å². The number of nitrogens with zero attached hydrogens (tertiary/aromatic N) is 2. The van der Waals surface area contributed by atoms with Crippen LogP contribution in [0, 0.1) is 0 Å². The molecule has 0 spiro atoms. The lowest BCUT2D eigenvalue weighted by Gasteiger charge is -2.29. The van der Waals surface area contributed by atoms with E-state index in [2.05, 4.69) is 5.32 Å². The lowest BCUT2D eigenvalue weighted by molar-refractivity contribution is -0.142. The number of pyridine rings is 2. The molecule has 2 N–H and O–H groups in total. The number of esters is 1. The Morgan fingerprint density at radius 3 is 2.63 bits per heavy atom. The van der Waals surface area contributed by atoms with Crippen molar-refractivity contribution in [1.82, 2.24) is 14.9 Å². The number of carbonyl (C=O) groups is 2. The number of hydrogen-bond acceptors (Lipinski definition) is 8. The highest BCUT2D eigenvalue weighted by molar-refractivity contribution is 5.88. The topological polar surface area (TPSA) is 129 Å². The number of aromatic nitrogens is 2. The van der Waals surface area contributed by atoms with Gasteiger partial charge in [0.05, 0.1) is 48.8 Å². The molecule has 0 radical (unpaired) electrons. The van der Waals surface area contributed by atoms with Crippen LogP contribution in [-0.2, 0) is 42.6 Å². The van der Waals surface area contributed by atoms with Crippen molar-refractivity contribution in [2.45, 2.75) is 45.9 Å². The van der Waals surface area contributed by atoms with Crippen molar-refractivity contribution in [3.63, 3.8) is 0 Å². The van der Waals surface area contributed by atoms with Gasteiger partial charge in [-0.2, -0.15) is 0 Å². The molecular formula is C28H33N3O7. The Balaban J connectivity index is 1.70. The molecule has 1 aromatic carbocycles. The second-order valence-electron chi connectivity index (χ2n) is 9.06. The van der Waals surface area contributed by atoms with Crippen LogP contribution in [0.25, 0.3) is 22.3 Å². The number of nitrogens with one attached hydrogen (secondary N) is 1. The highest BCUT2D eigenvalue weighted by Gasteiger charge is 2.40. The maximum Gasteiger partial charge on any atom is 0.302 e. The molecule has 0 fully saturated rings. The van der Waals surface area contributed by atoms with Crippen molar-refractivity contribution in [2.75, 3.05) is 33.0 Å². The van der Waals surface area contributed by atoms with Crippen molar-refractivity contribution >= 4 is 22.8 Å². The molecule has 3 aromatic rings. The van der Waals surface area contributed by atoms with Crippen molar-refractivity contribution in [3.8, 4) is 11.4 Å². The second kappa shape index (κ2) is 11.8. The number of rotatable bonds is 12. The summed E-state index contributed by atoms with van der Waals surface area (Å²) in [6, 6.07) is 11.3. The number of amides is 1. The van der Waals surface area contributed by atoms with Gasteiger partial charge in [0.15, 0.2) is 5.60 Å². The molecule has 1 aliphatic rings. The monoisotopic (exact) mass is 523 g/mol. The average Bonchev–Trinajstić information content (AvgIpc) is 3.27. The molecule has 1 aliphatic heterocycles. The molecule has 0 aliphatic carbocycles. The van der Waals surface area contributed by atoms with E-state index in [-0.39, 0.29) is 43.9 Å². The van der Waals surface area contributed by atoms with Gasteiger partial charge in [-0.05, 0) is 31.5 Å². The van der Waals surface area contributed by atoms with Crippen molar-refractivity contribution in [1.29, 1.82) is 0 Å². The minimum Gasteiger partial charge on any atom is -0.461 e. The first-order valence-electron chi connectivity index (χ1n) is 12.8. The second-order valence-corrected chi connectivity index (χ2v) is 9.06. The Hall–Kier alpha value is -3.60. The number of hydrogen-bond donors (Lipinski definition) is 2. The van der Waals surface area contributed by atoms with Gasteiger partial charge in [0.1, 0.15) is 6.61 Å². The smallest absolute Gasteiger partial charge is 0.302 e. The molecule has 3 heterocycles. The minimum atomic E-state index is -2.05. The molecule has 0 saturated heterocycles. The van der Waals surface area contributed by atoms with Gasteiger partial charge < -0.3 is 29.2 Å². The van der Waals surface area contributed by atoms with Gasteiger partial charge in [-0.25, -0.2) is 4.98 Å². The standard InChI is InChI=1S/C28H33N3O7/c1-4-28(35,27(34)29-10-11-37-13-12-36-5-2)22-15-24-25-20(14-19-8-6-7-9-23(19)30-25)16-31(24)26(33)21(22)17-38-18(3)32/h6-9,14-15,35H,4-5,10-13,16-17H2,1-3H3,(H,29,34)/t28-/m0/s1. The van der Waals surface area contributed by atoms with E-state index < -0.39 is 23.0 Å². The predicted octanol–water partition coefficient (Wildman–Crippen LogP) is 2.26. The van der Waals surface area contributed by atoms with E-state index in [9.17, 15) is 19.5 Å². The zero-order valence-corrected chi connectivity index (χ0v) is 21.9. The Bertz CT molecular complexity index is 1400. The first kappa shape index (κ1) is 27.4. The molecule has 10 nitrogen and oxygen atoms in total. The molecule has 0 bridgehead atoms. The Labute approximate surface area is 220 Å². The zero-order chi connectivity index (χ0) is 27.3. The third-order valence-corrected chi connectivity index (χ3v) is 6.63. The van der Waals surface area contributed by atoms with Crippen LogP contribution in [0.4, 0.5) is 0 Å². The van der Waals surface area contributed by atoms with Crippen molar-refractivity contribution < 1.29 is 28.9 Å². The van der Waals surface area contributed by atoms with Gasteiger partial charge in [0.25, 0.3) is 11.5 Å². The molecule has 4 rings (SSSR count). The first-order chi connectivity index (χ1) is 18.3. The maximum atomic E-state index is 13.7. The van der Waals surface area contributed by atoms with Crippen LogP contribution >= 0.6 is 0 Å². The summed E-state index contributed by atoms with van der Waals surface area (Å²) in [7, 11) is 0. The molecular weight excluding hydrogens is 490 g/mol. The number of carbonyl (C=O) groups excluding carboxylic acids is 2. The minimum absolute atomic E-state index is 0.0159. The number of fused-ring (bicyclic) bond motifs is 4. The highest BCUT2D eigenvalue weighted by atomic mass is 16.5. The summed E-state index contributed by atoms with van der Waals surface area (Å²) in [5.74, 6) is -1.25. The predicted molar refractivity (Wildman–Crippen MR) is 141 cm³/mol. The van der Waals surface area contributed by atoms with E-state index in [4.69, 9.17) is 19.2 Å². The SMILES string of the molecule is CCOCCOCCNC(=O)[C@](O)(CC)c1cc2n(c(=O)c1COC(C)=O)Cc1cc3ccccc3nc1-2. The fourth-order valence-electron chi connectivity index (χ4n) is 4.62. The van der Waals surface area contributed by atoms with E-state index in [1.54, 1.807) is 17.6 Å². The maximum absolute atomic E-state index is 13.7. The Morgan fingerprint density at radius 1 is 1.13 bits per heavy atom. The molecule has 1 atom stereocenters. The Kier molecular flexibility index (Phi) is 8.55.